The van der Waals surface area contributed by atoms with Crippen molar-refractivity contribution in [3.05, 3.63) is 66.1 Å². The number of anilines is 3. The Morgan fingerprint density at radius 2 is 2.02 bits per heavy atom. The molecule has 12 nitrogen and oxygen atoms in total. The molecule has 1 N–H and O–H groups in total. The molecular formula is C28H30N8O4. The van der Waals surface area contributed by atoms with E-state index in [4.69, 9.17) is 19.2 Å². The summed E-state index contributed by atoms with van der Waals surface area (Å²) in [5, 5.41) is 15.1. The van der Waals surface area contributed by atoms with Gasteiger partial charge in [-0.2, -0.15) is 9.67 Å². The summed E-state index contributed by atoms with van der Waals surface area (Å²) in [6, 6.07) is 13.5. The molecule has 5 rings (SSSR count). The molecule has 0 bridgehead atoms. The number of aromatic nitrogens is 6. The first-order valence-electron chi connectivity index (χ1n) is 12.9. The minimum atomic E-state index is -0.378. The predicted octanol–water partition coefficient (Wildman–Crippen LogP) is 3.59. The normalized spacial score (nSPS) is 13.4. The quantitative estimate of drug-likeness (QED) is 0.246. The summed E-state index contributed by atoms with van der Waals surface area (Å²) < 4.78 is 17.7. The van der Waals surface area contributed by atoms with E-state index in [0.717, 1.165) is 33.9 Å². The zero-order chi connectivity index (χ0) is 27.9. The lowest BCUT2D eigenvalue weighted by Gasteiger charge is -2.29. The van der Waals surface area contributed by atoms with Crippen LogP contribution < -0.4 is 15.0 Å². The standard InChI is InChI=1S/C28H30N8O4/c1-4-40-26(37)9-8-20-6-5-7-21(14-20)25-18-29-28(31-27(25)35-10-12-39-13-11-35)30-22-15-23(17-24(16-22)38-3)36-19(2)32-33-34-36/h5-9,14-18H,4,10-13H2,1-3H3,(H,29,30,31). The van der Waals surface area contributed by atoms with E-state index in [2.05, 4.69) is 30.7 Å². The highest BCUT2D eigenvalue weighted by atomic mass is 16.5. The Labute approximate surface area is 231 Å². The van der Waals surface area contributed by atoms with Crippen LogP contribution in [0.1, 0.15) is 18.3 Å². The van der Waals surface area contributed by atoms with Crippen LogP contribution in [-0.2, 0) is 14.3 Å². The average molecular weight is 543 g/mol. The van der Waals surface area contributed by atoms with Crippen molar-refractivity contribution >= 4 is 29.5 Å². The van der Waals surface area contributed by atoms with Gasteiger partial charge in [-0.15, -0.1) is 5.10 Å². The van der Waals surface area contributed by atoms with E-state index in [1.54, 1.807) is 31.0 Å². The van der Waals surface area contributed by atoms with Crippen LogP contribution in [0.2, 0.25) is 0 Å². The maximum atomic E-state index is 11.8. The second kappa shape index (κ2) is 12.3. The minimum Gasteiger partial charge on any atom is -0.497 e. The molecule has 1 aliphatic rings. The number of tetrazole rings is 1. The van der Waals surface area contributed by atoms with Crippen LogP contribution in [0.3, 0.4) is 0 Å². The fourth-order valence-electron chi connectivity index (χ4n) is 4.31. The van der Waals surface area contributed by atoms with Crippen molar-refractivity contribution in [1.82, 2.24) is 30.2 Å². The largest absolute Gasteiger partial charge is 0.497 e. The smallest absolute Gasteiger partial charge is 0.330 e. The third-order valence-corrected chi connectivity index (χ3v) is 6.23. The van der Waals surface area contributed by atoms with Crippen molar-refractivity contribution in [2.75, 3.05) is 50.2 Å². The van der Waals surface area contributed by atoms with Crippen molar-refractivity contribution in [3.63, 3.8) is 0 Å². The second-order valence-electron chi connectivity index (χ2n) is 8.92. The fourth-order valence-corrected chi connectivity index (χ4v) is 4.31. The number of methoxy groups -OCH3 is 1. The highest BCUT2D eigenvalue weighted by molar-refractivity contribution is 5.87. The summed E-state index contributed by atoms with van der Waals surface area (Å²) in [4.78, 5) is 23.5. The van der Waals surface area contributed by atoms with Crippen LogP contribution in [0.15, 0.2) is 54.7 Å². The van der Waals surface area contributed by atoms with Crippen LogP contribution in [0.5, 0.6) is 5.75 Å². The Hall–Kier alpha value is -4.84. The van der Waals surface area contributed by atoms with Crippen LogP contribution >= 0.6 is 0 Å². The predicted molar refractivity (Wildman–Crippen MR) is 150 cm³/mol. The number of hydrogen-bond donors (Lipinski definition) is 1. The summed E-state index contributed by atoms with van der Waals surface area (Å²) in [5.41, 5.74) is 4.12. The second-order valence-corrected chi connectivity index (χ2v) is 8.92. The van der Waals surface area contributed by atoms with Gasteiger partial charge in [-0.25, -0.2) is 9.78 Å². The lowest BCUT2D eigenvalue weighted by atomic mass is 10.0. The highest BCUT2D eigenvalue weighted by Gasteiger charge is 2.19. The molecule has 0 saturated carbocycles. The summed E-state index contributed by atoms with van der Waals surface area (Å²) in [7, 11) is 1.60. The van der Waals surface area contributed by atoms with Gasteiger partial charge in [-0.05, 0) is 53.6 Å². The number of carbonyl (C=O) groups is 1. The zero-order valence-electron chi connectivity index (χ0n) is 22.6. The molecule has 0 amide bonds. The molecule has 2 aromatic carbocycles. The first-order valence-corrected chi connectivity index (χ1v) is 12.9. The van der Waals surface area contributed by atoms with E-state index in [0.29, 0.717) is 50.4 Å². The topological polar surface area (TPSA) is 129 Å². The fraction of sp³-hybridized carbons (Fsp3) is 0.286. The number of nitrogens with zero attached hydrogens (tertiary/aromatic N) is 7. The molecule has 0 unspecified atom stereocenters. The average Bonchev–Trinajstić information content (AvgIpc) is 3.42. The van der Waals surface area contributed by atoms with Gasteiger partial charge in [0.05, 0.1) is 32.6 Å². The van der Waals surface area contributed by atoms with Crippen molar-refractivity contribution in [1.29, 1.82) is 0 Å². The molecule has 0 atom stereocenters. The van der Waals surface area contributed by atoms with Gasteiger partial charge in [0, 0.05) is 48.7 Å². The number of morpholine rings is 1. The van der Waals surface area contributed by atoms with Crippen LogP contribution in [0.4, 0.5) is 17.5 Å². The number of aryl methyl sites for hydroxylation is 1. The van der Waals surface area contributed by atoms with Crippen molar-refractivity contribution in [2.45, 2.75) is 13.8 Å². The van der Waals surface area contributed by atoms with Gasteiger partial charge in [-0.3, -0.25) is 0 Å². The van der Waals surface area contributed by atoms with Gasteiger partial charge in [0.1, 0.15) is 11.6 Å². The number of ether oxygens (including phenoxy) is 3. The lowest BCUT2D eigenvalue weighted by Crippen LogP contribution is -2.37. The van der Waals surface area contributed by atoms with E-state index in [1.165, 1.54) is 6.08 Å². The van der Waals surface area contributed by atoms with E-state index in [9.17, 15) is 4.79 Å². The molecule has 0 spiro atoms. The Morgan fingerprint density at radius 1 is 1.18 bits per heavy atom. The van der Waals surface area contributed by atoms with E-state index in [1.807, 2.05) is 49.4 Å². The van der Waals surface area contributed by atoms with E-state index >= 15 is 0 Å². The first-order chi connectivity index (χ1) is 19.5. The molecule has 3 heterocycles. The summed E-state index contributed by atoms with van der Waals surface area (Å²) in [6.45, 7) is 6.56. The minimum absolute atomic E-state index is 0.332. The maximum Gasteiger partial charge on any atom is 0.330 e. The molecule has 1 aliphatic heterocycles. The van der Waals surface area contributed by atoms with E-state index in [-0.39, 0.29) is 5.97 Å². The zero-order valence-corrected chi connectivity index (χ0v) is 22.6. The number of carbonyl (C=O) groups excluding carboxylic acids is 1. The molecule has 0 radical (unpaired) electrons. The van der Waals surface area contributed by atoms with Crippen LogP contribution in [0, 0.1) is 6.92 Å². The monoisotopic (exact) mass is 542 g/mol. The lowest BCUT2D eigenvalue weighted by molar-refractivity contribution is -0.137. The molecule has 1 saturated heterocycles. The third-order valence-electron chi connectivity index (χ3n) is 6.23. The van der Waals surface area contributed by atoms with Gasteiger partial charge in [0.15, 0.2) is 5.82 Å². The van der Waals surface area contributed by atoms with Gasteiger partial charge in [0.25, 0.3) is 0 Å². The summed E-state index contributed by atoms with van der Waals surface area (Å²) >= 11 is 0. The highest BCUT2D eigenvalue weighted by Crippen LogP contribution is 2.32. The molecule has 206 valence electrons. The number of nitrogens with one attached hydrogen (secondary N) is 1. The number of esters is 1. The van der Waals surface area contributed by atoms with E-state index < -0.39 is 0 Å². The third kappa shape index (κ3) is 6.24. The number of hydrogen-bond acceptors (Lipinski definition) is 11. The summed E-state index contributed by atoms with van der Waals surface area (Å²) in [6.07, 6.45) is 4.97. The van der Waals surface area contributed by atoms with Crippen molar-refractivity contribution < 1.29 is 19.0 Å². The summed E-state index contributed by atoms with van der Waals surface area (Å²) in [5.74, 6) is 2.11. The van der Waals surface area contributed by atoms with Gasteiger partial charge >= 0.3 is 5.97 Å². The molecule has 0 aliphatic carbocycles. The molecule has 40 heavy (non-hydrogen) atoms. The first kappa shape index (κ1) is 26.8. The maximum absolute atomic E-state index is 11.8. The molecule has 12 heteroatoms. The number of benzene rings is 2. The molecule has 2 aromatic heterocycles. The molecule has 4 aromatic rings. The Kier molecular flexibility index (Phi) is 8.26. The Bertz CT molecular complexity index is 1510. The Balaban J connectivity index is 1.49. The number of rotatable bonds is 9. The van der Waals surface area contributed by atoms with Crippen LogP contribution in [-0.4, -0.2) is 76.2 Å². The van der Waals surface area contributed by atoms with Gasteiger partial charge in [0.2, 0.25) is 5.95 Å². The van der Waals surface area contributed by atoms with Gasteiger partial charge < -0.3 is 24.4 Å². The van der Waals surface area contributed by atoms with Crippen LogP contribution in [0.25, 0.3) is 22.9 Å². The molecular weight excluding hydrogens is 512 g/mol. The molecule has 1 fully saturated rings. The van der Waals surface area contributed by atoms with Gasteiger partial charge in [-0.1, -0.05) is 18.2 Å². The van der Waals surface area contributed by atoms with Crippen molar-refractivity contribution in [3.8, 4) is 22.6 Å². The van der Waals surface area contributed by atoms with Crippen molar-refractivity contribution in [2.24, 2.45) is 0 Å². The Morgan fingerprint density at radius 3 is 2.77 bits per heavy atom. The SMILES string of the molecule is CCOC(=O)C=Cc1cccc(-c2cnc(Nc3cc(OC)cc(-n4nnnc4C)c3)nc2N2CCOCC2)c1.